The van der Waals surface area contributed by atoms with Gasteiger partial charge < -0.3 is 13.9 Å². The zero-order valence-corrected chi connectivity index (χ0v) is 27.4. The topological polar surface area (TPSA) is 61.8 Å². The molecule has 0 aliphatic carbocycles. The summed E-state index contributed by atoms with van der Waals surface area (Å²) in [5, 5.41) is 2.49. The molecule has 5 nitrogen and oxygen atoms in total. The lowest BCUT2D eigenvalue weighted by Crippen LogP contribution is -2.66. The van der Waals surface area contributed by atoms with Gasteiger partial charge in [0, 0.05) is 13.7 Å². The molecule has 0 aliphatic heterocycles. The van der Waals surface area contributed by atoms with Gasteiger partial charge in [-0.15, -0.1) is 0 Å². The number of hydrogen-bond donors (Lipinski definition) is 0. The van der Waals surface area contributed by atoms with Crippen LogP contribution in [-0.2, 0) is 23.7 Å². The average molecular weight is 597 g/mol. The minimum atomic E-state index is -3.34. The quantitative estimate of drug-likeness (QED) is 0.108. The van der Waals surface area contributed by atoms with Gasteiger partial charge >= 0.3 is 0 Å². The van der Waals surface area contributed by atoms with Gasteiger partial charge in [-0.25, -0.2) is 8.42 Å². The smallest absolute Gasteiger partial charge is 0.261 e. The molecule has 3 aromatic rings. The van der Waals surface area contributed by atoms with Gasteiger partial charge in [-0.05, 0) is 58.6 Å². The molecule has 0 heterocycles. The van der Waals surface area contributed by atoms with E-state index in [1.165, 1.54) is 10.4 Å². The largest absolute Gasteiger partial charge is 0.407 e. The molecule has 0 aromatic heterocycles. The summed E-state index contributed by atoms with van der Waals surface area (Å²) in [7, 11) is -4.30. The standard InChI is InChI=1S/C34H48O5SSi/c1-28(33(38-27-37-6)29(2)24-26-40(35,36)30-18-10-7-11-19-30)17-16-25-39-41(34(3,4)5,31-20-12-8-13-21-31)32-22-14-9-15-23-32/h7-15,18-23,28-29,33H,16-17,24-27H2,1-6H3/t28-,29+,33+/m1/s1. The van der Waals surface area contributed by atoms with Crippen molar-refractivity contribution in [3.05, 3.63) is 91.0 Å². The molecule has 0 saturated heterocycles. The van der Waals surface area contributed by atoms with Crippen LogP contribution in [0.2, 0.25) is 5.04 Å². The third kappa shape index (κ3) is 8.61. The Morgan fingerprint density at radius 2 is 1.24 bits per heavy atom. The summed E-state index contributed by atoms with van der Waals surface area (Å²) in [6, 6.07) is 30.1. The van der Waals surface area contributed by atoms with E-state index in [0.29, 0.717) is 17.9 Å². The van der Waals surface area contributed by atoms with Crippen LogP contribution in [0.4, 0.5) is 0 Å². The van der Waals surface area contributed by atoms with Gasteiger partial charge in [0.15, 0.2) is 9.84 Å². The number of ether oxygens (including phenoxy) is 2. The fourth-order valence-electron chi connectivity index (χ4n) is 5.84. The van der Waals surface area contributed by atoms with Gasteiger partial charge in [-0.2, -0.15) is 0 Å². The first-order valence-electron chi connectivity index (χ1n) is 14.7. The number of sulfone groups is 1. The van der Waals surface area contributed by atoms with E-state index in [1.807, 2.05) is 6.07 Å². The molecule has 0 saturated carbocycles. The molecule has 0 fully saturated rings. The Balaban J connectivity index is 1.69. The van der Waals surface area contributed by atoms with Crippen molar-refractivity contribution in [2.45, 2.75) is 69.9 Å². The lowest BCUT2D eigenvalue weighted by Gasteiger charge is -2.43. The molecule has 0 N–H and O–H groups in total. The maximum absolute atomic E-state index is 12.9. The molecule has 0 bridgehead atoms. The Labute approximate surface area is 249 Å². The van der Waals surface area contributed by atoms with E-state index in [-0.39, 0.29) is 35.5 Å². The highest BCUT2D eigenvalue weighted by atomic mass is 32.2. The summed E-state index contributed by atoms with van der Waals surface area (Å²) in [5.74, 6) is 0.355. The van der Waals surface area contributed by atoms with Crippen LogP contribution < -0.4 is 10.4 Å². The second-order valence-corrected chi connectivity index (χ2v) is 18.5. The van der Waals surface area contributed by atoms with Crippen LogP contribution in [0.1, 0.15) is 53.9 Å². The zero-order chi connectivity index (χ0) is 29.9. The predicted molar refractivity (Wildman–Crippen MR) is 171 cm³/mol. The zero-order valence-electron chi connectivity index (χ0n) is 25.6. The molecule has 3 rings (SSSR count). The Morgan fingerprint density at radius 1 is 0.756 bits per heavy atom. The third-order valence-electron chi connectivity index (χ3n) is 7.98. The summed E-state index contributed by atoms with van der Waals surface area (Å²) in [4.78, 5) is 0.370. The van der Waals surface area contributed by atoms with Crippen molar-refractivity contribution in [3.63, 3.8) is 0 Å². The summed E-state index contributed by atoms with van der Waals surface area (Å²) >= 11 is 0. The first-order valence-corrected chi connectivity index (χ1v) is 18.2. The molecule has 0 unspecified atom stereocenters. The first-order chi connectivity index (χ1) is 19.5. The fraction of sp³-hybridized carbons (Fsp3) is 0.471. The van der Waals surface area contributed by atoms with Crippen LogP contribution in [0.25, 0.3) is 0 Å². The molecule has 0 aliphatic rings. The van der Waals surface area contributed by atoms with Crippen LogP contribution in [0.15, 0.2) is 95.9 Å². The molecular weight excluding hydrogens is 549 g/mol. The highest BCUT2D eigenvalue weighted by Crippen LogP contribution is 2.37. The molecule has 3 atom stereocenters. The van der Waals surface area contributed by atoms with E-state index in [2.05, 4.69) is 95.3 Å². The Bertz CT molecular complexity index is 1220. The van der Waals surface area contributed by atoms with E-state index in [1.54, 1.807) is 31.4 Å². The Morgan fingerprint density at radius 3 is 1.73 bits per heavy atom. The Hall–Kier alpha value is -2.29. The minimum absolute atomic E-state index is 0.0521. The van der Waals surface area contributed by atoms with Crippen molar-refractivity contribution in [2.24, 2.45) is 11.8 Å². The SMILES string of the molecule is COCO[C@@H]([C@H](C)CCCO[Si](c1ccccc1)(c1ccccc1)C(C)(C)C)[C@@H](C)CCS(=O)(=O)c1ccccc1. The van der Waals surface area contributed by atoms with Crippen LogP contribution in [0.3, 0.4) is 0 Å². The van der Waals surface area contributed by atoms with E-state index in [0.717, 1.165) is 12.8 Å². The van der Waals surface area contributed by atoms with Crippen molar-refractivity contribution >= 4 is 28.5 Å². The van der Waals surface area contributed by atoms with Crippen molar-refractivity contribution < 1.29 is 22.3 Å². The maximum atomic E-state index is 12.9. The van der Waals surface area contributed by atoms with Gasteiger partial charge in [-0.1, -0.05) is 113 Å². The molecule has 0 amide bonds. The summed E-state index contributed by atoms with van der Waals surface area (Å²) in [6.07, 6.45) is 2.19. The molecule has 0 radical (unpaired) electrons. The van der Waals surface area contributed by atoms with Crippen LogP contribution >= 0.6 is 0 Å². The normalized spacial score (nSPS) is 14.9. The molecule has 7 heteroatoms. The van der Waals surface area contributed by atoms with Crippen molar-refractivity contribution in [1.29, 1.82) is 0 Å². The third-order valence-corrected chi connectivity index (χ3v) is 14.8. The fourth-order valence-corrected chi connectivity index (χ4v) is 11.9. The van der Waals surface area contributed by atoms with E-state index in [9.17, 15) is 8.42 Å². The number of rotatable bonds is 16. The van der Waals surface area contributed by atoms with Crippen molar-refractivity contribution in [3.8, 4) is 0 Å². The van der Waals surface area contributed by atoms with E-state index < -0.39 is 18.2 Å². The van der Waals surface area contributed by atoms with Gasteiger partial charge in [0.05, 0.1) is 16.8 Å². The number of benzene rings is 3. The molecule has 3 aromatic carbocycles. The summed E-state index contributed by atoms with van der Waals surface area (Å²) in [6.45, 7) is 12.0. The van der Waals surface area contributed by atoms with Gasteiger partial charge in [-0.3, -0.25) is 0 Å². The molecule has 224 valence electrons. The molecule has 0 spiro atoms. The monoisotopic (exact) mass is 596 g/mol. The van der Waals surface area contributed by atoms with Crippen molar-refractivity contribution in [2.75, 3.05) is 26.3 Å². The lowest BCUT2D eigenvalue weighted by molar-refractivity contribution is -0.109. The van der Waals surface area contributed by atoms with Gasteiger partial charge in [0.25, 0.3) is 8.32 Å². The lowest BCUT2D eigenvalue weighted by atomic mass is 9.88. The van der Waals surface area contributed by atoms with E-state index in [4.69, 9.17) is 13.9 Å². The van der Waals surface area contributed by atoms with E-state index >= 15 is 0 Å². The number of methoxy groups -OCH3 is 1. The second kappa shape index (κ2) is 15.3. The highest BCUT2D eigenvalue weighted by molar-refractivity contribution is 7.91. The maximum Gasteiger partial charge on any atom is 0.261 e. The molecule has 41 heavy (non-hydrogen) atoms. The summed E-state index contributed by atoms with van der Waals surface area (Å²) < 4.78 is 44.2. The second-order valence-electron chi connectivity index (χ2n) is 12.1. The summed E-state index contributed by atoms with van der Waals surface area (Å²) in [5.41, 5.74) is 0. The van der Waals surface area contributed by atoms with Crippen LogP contribution in [-0.4, -0.2) is 49.1 Å². The van der Waals surface area contributed by atoms with Gasteiger partial charge in [0.1, 0.15) is 6.79 Å². The molecular formula is C34H48O5SSi. The van der Waals surface area contributed by atoms with Crippen LogP contribution in [0, 0.1) is 11.8 Å². The Kier molecular flexibility index (Phi) is 12.4. The van der Waals surface area contributed by atoms with Crippen LogP contribution in [0.5, 0.6) is 0 Å². The average Bonchev–Trinajstić information content (AvgIpc) is 2.97. The number of hydrogen-bond acceptors (Lipinski definition) is 5. The minimum Gasteiger partial charge on any atom is -0.407 e. The first kappa shape index (κ1) is 33.2. The predicted octanol–water partition coefficient (Wildman–Crippen LogP) is 6.47. The van der Waals surface area contributed by atoms with Crippen molar-refractivity contribution in [1.82, 2.24) is 0 Å². The highest BCUT2D eigenvalue weighted by Gasteiger charge is 2.50. The van der Waals surface area contributed by atoms with Gasteiger partial charge in [0.2, 0.25) is 0 Å².